The van der Waals surface area contributed by atoms with Crippen molar-refractivity contribution in [3.63, 3.8) is 0 Å². The zero-order chi connectivity index (χ0) is 26.9. The number of tetrazole rings is 1. The highest BCUT2D eigenvalue weighted by Gasteiger charge is 2.37. The number of benzene rings is 1. The van der Waals surface area contributed by atoms with Gasteiger partial charge in [0, 0.05) is 17.3 Å². The van der Waals surface area contributed by atoms with E-state index in [0.717, 1.165) is 4.80 Å². The van der Waals surface area contributed by atoms with Crippen LogP contribution in [0.2, 0.25) is 0 Å². The van der Waals surface area contributed by atoms with Gasteiger partial charge in [0.05, 0.1) is 6.26 Å². The number of rotatable bonds is 7. The Kier molecular flexibility index (Phi) is 6.62. The van der Waals surface area contributed by atoms with E-state index in [9.17, 15) is 9.59 Å². The summed E-state index contributed by atoms with van der Waals surface area (Å²) in [7, 11) is 0. The molecule has 0 fully saturated rings. The SMILES string of the molecule is Cc1ccc(-c2nnn(CC(=O)N(c3ccc4c(c3)OCCO4)[C@H](C(=O)NC(C)(C)C)c3ccco3)n2)o1. The molecule has 1 aliphatic rings. The predicted octanol–water partition coefficient (Wildman–Crippen LogP) is 3.29. The molecular formula is C26H28N6O6. The first-order valence-corrected chi connectivity index (χ1v) is 12.1. The first kappa shape index (κ1) is 25.1. The summed E-state index contributed by atoms with van der Waals surface area (Å²) >= 11 is 0. The van der Waals surface area contributed by atoms with E-state index < -0.39 is 23.4 Å². The van der Waals surface area contributed by atoms with Crippen molar-refractivity contribution >= 4 is 17.5 Å². The van der Waals surface area contributed by atoms with E-state index in [4.69, 9.17) is 18.3 Å². The third kappa shape index (κ3) is 5.38. The molecule has 0 saturated heterocycles. The average molecular weight is 521 g/mol. The van der Waals surface area contributed by atoms with Gasteiger partial charge in [-0.05, 0) is 69.3 Å². The Morgan fingerprint density at radius 1 is 1.11 bits per heavy atom. The van der Waals surface area contributed by atoms with Crippen molar-refractivity contribution in [3.05, 3.63) is 60.2 Å². The van der Waals surface area contributed by atoms with Crippen LogP contribution in [0, 0.1) is 6.92 Å². The van der Waals surface area contributed by atoms with Gasteiger partial charge < -0.3 is 23.6 Å². The largest absolute Gasteiger partial charge is 0.486 e. The Balaban J connectivity index is 1.53. The van der Waals surface area contributed by atoms with Crippen LogP contribution < -0.4 is 19.7 Å². The average Bonchev–Trinajstić information content (AvgIpc) is 3.63. The molecule has 1 atom stereocenters. The van der Waals surface area contributed by atoms with Crippen LogP contribution in [-0.2, 0) is 16.1 Å². The van der Waals surface area contributed by atoms with Crippen LogP contribution in [0.4, 0.5) is 5.69 Å². The second-order valence-electron chi connectivity index (χ2n) is 9.80. The van der Waals surface area contributed by atoms with Gasteiger partial charge in [-0.3, -0.25) is 14.5 Å². The second-order valence-corrected chi connectivity index (χ2v) is 9.80. The summed E-state index contributed by atoms with van der Waals surface area (Å²) < 4.78 is 22.6. The lowest BCUT2D eigenvalue weighted by molar-refractivity contribution is -0.128. The summed E-state index contributed by atoms with van der Waals surface area (Å²) in [6.07, 6.45) is 1.45. The Bertz CT molecular complexity index is 1430. The standard InChI is InChI=1S/C26H28N6O6/c1-16-7-9-20(38-16)24-28-30-31(29-24)15-22(33)32(17-8-10-18-21(14-17)37-13-12-36-18)23(19-6-5-11-35-19)25(34)27-26(2,3)4/h5-11,14,23H,12-13,15H2,1-4H3,(H,27,34)/t23-/m0/s1. The lowest BCUT2D eigenvalue weighted by Gasteiger charge is -2.32. The summed E-state index contributed by atoms with van der Waals surface area (Å²) in [6.45, 7) is 7.87. The van der Waals surface area contributed by atoms with Crippen LogP contribution in [0.3, 0.4) is 0 Å². The quantitative estimate of drug-likeness (QED) is 0.389. The number of nitrogens with one attached hydrogen (secondary N) is 1. The van der Waals surface area contributed by atoms with Crippen LogP contribution in [0.1, 0.15) is 38.3 Å². The molecule has 1 N–H and O–H groups in total. The van der Waals surface area contributed by atoms with Gasteiger partial charge >= 0.3 is 0 Å². The van der Waals surface area contributed by atoms with Crippen molar-refractivity contribution in [1.29, 1.82) is 0 Å². The van der Waals surface area contributed by atoms with Crippen LogP contribution in [0.25, 0.3) is 11.6 Å². The van der Waals surface area contributed by atoms with Crippen molar-refractivity contribution < 1.29 is 27.9 Å². The number of furan rings is 2. The van der Waals surface area contributed by atoms with E-state index >= 15 is 0 Å². The molecule has 0 aliphatic carbocycles. The molecule has 198 valence electrons. The summed E-state index contributed by atoms with van der Waals surface area (Å²) in [4.78, 5) is 30.0. The molecule has 2 amide bonds. The molecule has 0 saturated carbocycles. The maximum Gasteiger partial charge on any atom is 0.251 e. The number of nitrogens with zero attached hydrogens (tertiary/aromatic N) is 5. The van der Waals surface area contributed by atoms with Crippen molar-refractivity contribution in [2.75, 3.05) is 18.1 Å². The zero-order valence-corrected chi connectivity index (χ0v) is 21.5. The van der Waals surface area contributed by atoms with E-state index in [1.54, 1.807) is 49.4 Å². The molecule has 4 aromatic rings. The van der Waals surface area contributed by atoms with Gasteiger partial charge in [-0.1, -0.05) is 0 Å². The van der Waals surface area contributed by atoms with Crippen molar-refractivity contribution in [1.82, 2.24) is 25.5 Å². The third-order valence-electron chi connectivity index (χ3n) is 5.58. The summed E-state index contributed by atoms with van der Waals surface area (Å²) in [5.41, 5.74) is -0.154. The van der Waals surface area contributed by atoms with E-state index in [0.29, 0.717) is 41.9 Å². The lowest BCUT2D eigenvalue weighted by Crippen LogP contribution is -2.50. The topological polar surface area (TPSA) is 138 Å². The molecule has 1 aromatic carbocycles. The monoisotopic (exact) mass is 520 g/mol. The van der Waals surface area contributed by atoms with E-state index in [1.165, 1.54) is 11.2 Å². The minimum atomic E-state index is -1.13. The number of aromatic nitrogens is 4. The second kappa shape index (κ2) is 10.0. The van der Waals surface area contributed by atoms with E-state index in [1.807, 2.05) is 20.8 Å². The first-order chi connectivity index (χ1) is 18.2. The fourth-order valence-corrected chi connectivity index (χ4v) is 4.04. The molecule has 0 radical (unpaired) electrons. The van der Waals surface area contributed by atoms with Gasteiger partial charge in [-0.2, -0.15) is 4.80 Å². The highest BCUT2D eigenvalue weighted by atomic mass is 16.6. The van der Waals surface area contributed by atoms with Crippen LogP contribution in [0.15, 0.2) is 57.6 Å². The predicted molar refractivity (Wildman–Crippen MR) is 135 cm³/mol. The molecule has 5 rings (SSSR count). The molecule has 12 heteroatoms. The fraction of sp³-hybridized carbons (Fsp3) is 0.346. The maximum atomic E-state index is 13.9. The number of carbonyl (C=O) groups is 2. The molecule has 4 heterocycles. The molecule has 12 nitrogen and oxygen atoms in total. The number of amides is 2. The van der Waals surface area contributed by atoms with Crippen LogP contribution in [0.5, 0.6) is 11.5 Å². The normalized spacial score (nSPS) is 13.7. The van der Waals surface area contributed by atoms with Crippen molar-refractivity contribution in [3.8, 4) is 23.1 Å². The number of carbonyl (C=O) groups excluding carboxylic acids is 2. The number of hydrogen-bond donors (Lipinski definition) is 1. The molecule has 0 unspecified atom stereocenters. The van der Waals surface area contributed by atoms with Crippen molar-refractivity contribution in [2.45, 2.75) is 45.8 Å². The van der Waals surface area contributed by atoms with Gasteiger partial charge in [0.15, 0.2) is 23.3 Å². The fourth-order valence-electron chi connectivity index (χ4n) is 4.04. The number of anilines is 1. The Morgan fingerprint density at radius 3 is 2.58 bits per heavy atom. The lowest BCUT2D eigenvalue weighted by atomic mass is 10.1. The van der Waals surface area contributed by atoms with Gasteiger partial charge in [0.25, 0.3) is 11.8 Å². The maximum absolute atomic E-state index is 13.9. The van der Waals surface area contributed by atoms with Crippen LogP contribution >= 0.6 is 0 Å². The smallest absolute Gasteiger partial charge is 0.251 e. The minimum Gasteiger partial charge on any atom is -0.486 e. The third-order valence-corrected chi connectivity index (χ3v) is 5.58. The number of hydrogen-bond acceptors (Lipinski definition) is 9. The Labute approximate surface area is 218 Å². The zero-order valence-electron chi connectivity index (χ0n) is 21.5. The molecule has 3 aromatic heterocycles. The molecule has 1 aliphatic heterocycles. The van der Waals surface area contributed by atoms with E-state index in [-0.39, 0.29) is 18.1 Å². The van der Waals surface area contributed by atoms with Gasteiger partial charge in [-0.25, -0.2) is 0 Å². The molecule has 0 spiro atoms. The summed E-state index contributed by atoms with van der Waals surface area (Å²) in [5.74, 6) is 1.78. The van der Waals surface area contributed by atoms with Crippen molar-refractivity contribution in [2.24, 2.45) is 0 Å². The van der Waals surface area contributed by atoms with E-state index in [2.05, 4.69) is 20.7 Å². The molecular weight excluding hydrogens is 492 g/mol. The molecule has 0 bridgehead atoms. The van der Waals surface area contributed by atoms with Crippen LogP contribution in [-0.4, -0.2) is 50.8 Å². The minimum absolute atomic E-state index is 0.241. The summed E-state index contributed by atoms with van der Waals surface area (Å²) in [6, 6.07) is 10.8. The Morgan fingerprint density at radius 2 is 1.89 bits per heavy atom. The summed E-state index contributed by atoms with van der Waals surface area (Å²) in [5, 5.41) is 15.3. The molecule has 38 heavy (non-hydrogen) atoms. The van der Waals surface area contributed by atoms with Gasteiger partial charge in [0.1, 0.15) is 31.3 Å². The highest BCUT2D eigenvalue weighted by Crippen LogP contribution is 2.37. The Hall–Kier alpha value is -4.61. The van der Waals surface area contributed by atoms with Gasteiger partial charge in [0.2, 0.25) is 5.82 Å². The van der Waals surface area contributed by atoms with Gasteiger partial charge in [-0.15, -0.1) is 10.2 Å². The number of fused-ring (bicyclic) bond motifs is 1. The highest BCUT2D eigenvalue weighted by molar-refractivity contribution is 6.01. The number of aryl methyl sites for hydroxylation is 1. The first-order valence-electron chi connectivity index (χ1n) is 12.1. The number of ether oxygens (including phenoxy) is 2.